The maximum atomic E-state index is 9.44. The highest BCUT2D eigenvalue weighted by atomic mass is 16.7. The Morgan fingerprint density at radius 1 is 1.86 bits per heavy atom. The summed E-state index contributed by atoms with van der Waals surface area (Å²) in [6, 6.07) is 0. The van der Waals surface area contributed by atoms with E-state index in [0.717, 1.165) is 0 Å². The second-order valence-corrected chi connectivity index (χ2v) is 0.955. The summed E-state index contributed by atoms with van der Waals surface area (Å²) in [6.07, 6.45) is 0. The second kappa shape index (κ2) is 3.55. The minimum absolute atomic E-state index is 0.378. The van der Waals surface area contributed by atoms with Crippen LogP contribution in [0.1, 0.15) is 6.92 Å². The number of hydrogen-bond acceptors (Lipinski definition) is 3. The van der Waals surface area contributed by atoms with Gasteiger partial charge in [0.25, 0.3) is 0 Å². The van der Waals surface area contributed by atoms with Gasteiger partial charge in [0.2, 0.25) is 0 Å². The molecule has 4 nitrogen and oxygen atoms in total. The predicted molar refractivity (Wildman–Crippen MR) is 23.5 cm³/mol. The third-order valence-corrected chi connectivity index (χ3v) is 0.401. The van der Waals surface area contributed by atoms with Crippen molar-refractivity contribution in [2.45, 2.75) is 6.92 Å². The van der Waals surface area contributed by atoms with E-state index in [4.69, 9.17) is 0 Å². The summed E-state index contributed by atoms with van der Waals surface area (Å²) in [7, 11) is 0. The van der Waals surface area contributed by atoms with Gasteiger partial charge in [-0.3, -0.25) is 10.1 Å². The molecule has 7 heavy (non-hydrogen) atoms. The van der Waals surface area contributed by atoms with Gasteiger partial charge in [0, 0.05) is 4.92 Å². The van der Waals surface area contributed by atoms with Gasteiger partial charge in [0.1, 0.15) is 0 Å². The SMILES string of the molecule is CCOC[N+](=O)[O-]. The molecule has 0 N–H and O–H groups in total. The van der Waals surface area contributed by atoms with Gasteiger partial charge in [0.05, 0.1) is 6.61 Å². The van der Waals surface area contributed by atoms with Crippen LogP contribution >= 0.6 is 0 Å². The Hall–Kier alpha value is -0.640. The first-order valence-corrected chi connectivity index (χ1v) is 1.97. The maximum absolute atomic E-state index is 9.44. The molecule has 0 aromatic rings. The van der Waals surface area contributed by atoms with Crippen molar-refractivity contribution in [3.8, 4) is 0 Å². The van der Waals surface area contributed by atoms with Crippen LogP contribution in [-0.4, -0.2) is 18.3 Å². The summed E-state index contributed by atoms with van der Waals surface area (Å²) in [6.45, 7) is 1.74. The van der Waals surface area contributed by atoms with E-state index < -0.39 is 4.92 Å². The summed E-state index contributed by atoms with van der Waals surface area (Å²) < 4.78 is 4.40. The van der Waals surface area contributed by atoms with E-state index in [-0.39, 0.29) is 6.73 Å². The standard InChI is InChI=1S/C3H7NO3/c1-2-7-3-4(5)6/h2-3H2,1H3. The van der Waals surface area contributed by atoms with Gasteiger partial charge in [0.15, 0.2) is 0 Å². The van der Waals surface area contributed by atoms with Crippen LogP contribution in [0.15, 0.2) is 0 Å². The lowest BCUT2D eigenvalue weighted by molar-refractivity contribution is -0.525. The van der Waals surface area contributed by atoms with Crippen molar-refractivity contribution >= 4 is 0 Å². The summed E-state index contributed by atoms with van der Waals surface area (Å²) in [4.78, 5) is 8.93. The van der Waals surface area contributed by atoms with Crippen molar-refractivity contribution in [1.29, 1.82) is 0 Å². The molecule has 0 rings (SSSR count). The lowest BCUT2D eigenvalue weighted by Crippen LogP contribution is -2.04. The smallest absolute Gasteiger partial charge is 0.306 e. The quantitative estimate of drug-likeness (QED) is 0.294. The Kier molecular flexibility index (Phi) is 3.22. The van der Waals surface area contributed by atoms with Gasteiger partial charge in [-0.2, -0.15) is 0 Å². The van der Waals surface area contributed by atoms with E-state index >= 15 is 0 Å². The molecule has 0 aromatic carbocycles. The molecule has 0 aliphatic heterocycles. The first-order chi connectivity index (χ1) is 3.27. The van der Waals surface area contributed by atoms with Crippen molar-refractivity contribution in [3.05, 3.63) is 10.1 Å². The van der Waals surface area contributed by atoms with Crippen molar-refractivity contribution in [2.24, 2.45) is 0 Å². The molecule has 0 atom stereocenters. The zero-order chi connectivity index (χ0) is 5.70. The van der Waals surface area contributed by atoms with E-state index in [2.05, 4.69) is 4.74 Å². The molecular formula is C3H7NO3. The minimum atomic E-state index is -0.510. The largest absolute Gasteiger partial charge is 0.320 e. The van der Waals surface area contributed by atoms with Crippen LogP contribution in [0, 0.1) is 10.1 Å². The molecule has 0 unspecified atom stereocenters. The molecule has 0 aliphatic rings. The first-order valence-electron chi connectivity index (χ1n) is 1.97. The molecule has 0 bridgehead atoms. The Labute approximate surface area is 41.2 Å². The van der Waals surface area contributed by atoms with Crippen LogP contribution in [0.5, 0.6) is 0 Å². The number of nitrogens with zero attached hydrogens (tertiary/aromatic N) is 1. The van der Waals surface area contributed by atoms with E-state index in [9.17, 15) is 10.1 Å². The number of hydrogen-bond donors (Lipinski definition) is 0. The van der Waals surface area contributed by atoms with Gasteiger partial charge >= 0.3 is 6.73 Å². The molecule has 0 spiro atoms. The fraction of sp³-hybridized carbons (Fsp3) is 1.00. The molecule has 42 valence electrons. The average Bonchev–Trinajstić information content (AvgIpc) is 1.61. The highest BCUT2D eigenvalue weighted by Crippen LogP contribution is 1.70. The molecule has 0 fully saturated rings. The monoisotopic (exact) mass is 105 g/mol. The molecule has 0 saturated carbocycles. The number of nitro groups is 1. The molecule has 0 amide bonds. The maximum Gasteiger partial charge on any atom is 0.306 e. The summed E-state index contributed by atoms with van der Waals surface area (Å²) in [5.74, 6) is 0. The number of ether oxygens (including phenoxy) is 1. The molecule has 0 heterocycles. The van der Waals surface area contributed by atoms with Gasteiger partial charge in [-0.1, -0.05) is 0 Å². The molecule has 4 heteroatoms. The molecule has 0 radical (unpaired) electrons. The summed E-state index contributed by atoms with van der Waals surface area (Å²) in [5.41, 5.74) is 0. The van der Waals surface area contributed by atoms with Crippen molar-refractivity contribution in [1.82, 2.24) is 0 Å². The Morgan fingerprint density at radius 3 is 2.57 bits per heavy atom. The summed E-state index contributed by atoms with van der Waals surface area (Å²) in [5, 5.41) is 9.44. The second-order valence-electron chi connectivity index (χ2n) is 0.955. The molecular weight excluding hydrogens is 98.0 g/mol. The van der Waals surface area contributed by atoms with Crippen molar-refractivity contribution < 1.29 is 9.66 Å². The summed E-state index contributed by atoms with van der Waals surface area (Å²) >= 11 is 0. The zero-order valence-corrected chi connectivity index (χ0v) is 4.09. The lowest BCUT2D eigenvalue weighted by atomic mass is 10.9. The normalized spacial score (nSPS) is 8.71. The van der Waals surface area contributed by atoms with Crippen LogP contribution in [0.2, 0.25) is 0 Å². The van der Waals surface area contributed by atoms with Crippen molar-refractivity contribution in [2.75, 3.05) is 13.3 Å². The topological polar surface area (TPSA) is 52.4 Å². The van der Waals surface area contributed by atoms with Crippen molar-refractivity contribution in [3.63, 3.8) is 0 Å². The first kappa shape index (κ1) is 6.36. The van der Waals surface area contributed by atoms with E-state index in [0.29, 0.717) is 6.61 Å². The van der Waals surface area contributed by atoms with E-state index in [1.807, 2.05) is 0 Å². The van der Waals surface area contributed by atoms with Gasteiger partial charge < -0.3 is 4.74 Å². The Bertz CT molecular complexity index is 63.2. The van der Waals surface area contributed by atoms with Gasteiger partial charge in [-0.15, -0.1) is 0 Å². The van der Waals surface area contributed by atoms with Crippen LogP contribution in [0.3, 0.4) is 0 Å². The van der Waals surface area contributed by atoms with Gasteiger partial charge in [-0.25, -0.2) is 0 Å². The third kappa shape index (κ3) is 5.36. The van der Waals surface area contributed by atoms with Crippen LogP contribution < -0.4 is 0 Å². The fourth-order valence-electron chi connectivity index (χ4n) is 0.166. The molecule has 0 aliphatic carbocycles. The minimum Gasteiger partial charge on any atom is -0.320 e. The lowest BCUT2D eigenvalue weighted by Gasteiger charge is -1.88. The highest BCUT2D eigenvalue weighted by Gasteiger charge is 1.89. The molecule has 0 aromatic heterocycles. The highest BCUT2D eigenvalue weighted by molar-refractivity contribution is 4.06. The van der Waals surface area contributed by atoms with Crippen LogP contribution in [-0.2, 0) is 4.74 Å². The predicted octanol–water partition coefficient (Wildman–Crippen LogP) is 0.257. The molecule has 0 saturated heterocycles. The van der Waals surface area contributed by atoms with Crippen LogP contribution in [0.4, 0.5) is 0 Å². The van der Waals surface area contributed by atoms with Crippen LogP contribution in [0.25, 0.3) is 0 Å². The van der Waals surface area contributed by atoms with E-state index in [1.165, 1.54) is 0 Å². The van der Waals surface area contributed by atoms with Gasteiger partial charge in [-0.05, 0) is 6.92 Å². The average molecular weight is 105 g/mol. The third-order valence-electron chi connectivity index (χ3n) is 0.401. The Morgan fingerprint density at radius 2 is 2.43 bits per heavy atom. The zero-order valence-electron chi connectivity index (χ0n) is 4.09. The number of rotatable bonds is 3. The fourth-order valence-corrected chi connectivity index (χ4v) is 0.166. The Balaban J connectivity index is 2.82. The van der Waals surface area contributed by atoms with E-state index in [1.54, 1.807) is 6.92 Å².